The summed E-state index contributed by atoms with van der Waals surface area (Å²) in [6.07, 6.45) is 0.501. The first-order valence-electron chi connectivity index (χ1n) is 5.61. The van der Waals surface area contributed by atoms with Crippen LogP contribution in [0.4, 0.5) is 5.82 Å². The Morgan fingerprint density at radius 2 is 2.19 bits per heavy atom. The van der Waals surface area contributed by atoms with Crippen molar-refractivity contribution in [1.82, 2.24) is 10.2 Å². The summed E-state index contributed by atoms with van der Waals surface area (Å²) in [5.74, 6) is 1.83. The van der Waals surface area contributed by atoms with E-state index in [0.717, 1.165) is 16.5 Å². The molecule has 0 fully saturated rings. The van der Waals surface area contributed by atoms with E-state index in [1.54, 1.807) is 11.8 Å². The number of H-pyrrole nitrogens is 1. The van der Waals surface area contributed by atoms with Crippen LogP contribution < -0.4 is 5.32 Å². The number of carbonyl (C=O) groups is 1. The highest BCUT2D eigenvalue weighted by Gasteiger charge is 2.18. The molecule has 0 radical (unpaired) electrons. The molecule has 0 atom stereocenters. The standard InChI is InChI=1S/C11H19N3OS/c1-5-8(15)9-10(16-6-2)11(14-13-9)12-7(3)4/h7H,5-6H2,1-4H3,(H2,12,13,14). The monoisotopic (exact) mass is 241 g/mol. The van der Waals surface area contributed by atoms with Crippen molar-refractivity contribution in [2.24, 2.45) is 0 Å². The van der Waals surface area contributed by atoms with Crippen LogP contribution in [0.5, 0.6) is 0 Å². The first-order chi connectivity index (χ1) is 7.60. The van der Waals surface area contributed by atoms with E-state index >= 15 is 0 Å². The Bertz CT molecular complexity index is 360. The summed E-state index contributed by atoms with van der Waals surface area (Å²) in [5, 5.41) is 10.2. The Hall–Kier alpha value is -0.970. The number of thioether (sulfide) groups is 1. The SMILES string of the molecule is CCSc1c(NC(C)C)n[nH]c1C(=O)CC. The molecule has 4 nitrogen and oxygen atoms in total. The number of hydrogen-bond acceptors (Lipinski definition) is 4. The van der Waals surface area contributed by atoms with Gasteiger partial charge in [0.15, 0.2) is 11.6 Å². The normalized spacial score (nSPS) is 10.8. The molecule has 1 aromatic rings. The molecule has 90 valence electrons. The van der Waals surface area contributed by atoms with Crippen molar-refractivity contribution in [1.29, 1.82) is 0 Å². The van der Waals surface area contributed by atoms with Crippen molar-refractivity contribution in [3.05, 3.63) is 5.69 Å². The van der Waals surface area contributed by atoms with Crippen LogP contribution >= 0.6 is 11.8 Å². The summed E-state index contributed by atoms with van der Waals surface area (Å²) in [7, 11) is 0. The van der Waals surface area contributed by atoms with Crippen LogP contribution in [-0.4, -0.2) is 27.8 Å². The highest BCUT2D eigenvalue weighted by molar-refractivity contribution is 7.99. The van der Waals surface area contributed by atoms with Crippen LogP contribution in [0.25, 0.3) is 0 Å². The Morgan fingerprint density at radius 1 is 1.50 bits per heavy atom. The number of nitrogens with zero attached hydrogens (tertiary/aromatic N) is 1. The van der Waals surface area contributed by atoms with E-state index in [-0.39, 0.29) is 5.78 Å². The summed E-state index contributed by atoms with van der Waals surface area (Å²) < 4.78 is 0. The van der Waals surface area contributed by atoms with Crippen LogP contribution in [0.1, 0.15) is 44.6 Å². The molecular formula is C11H19N3OS. The van der Waals surface area contributed by atoms with Gasteiger partial charge < -0.3 is 5.32 Å². The van der Waals surface area contributed by atoms with Crippen LogP contribution in [0.3, 0.4) is 0 Å². The summed E-state index contributed by atoms with van der Waals surface area (Å²) in [5.41, 5.74) is 0.637. The Labute approximate surface area is 101 Å². The Balaban J connectivity index is 3.01. The number of aromatic amines is 1. The zero-order valence-corrected chi connectivity index (χ0v) is 11.1. The van der Waals surface area contributed by atoms with Crippen LogP contribution in [0, 0.1) is 0 Å². The molecule has 16 heavy (non-hydrogen) atoms. The molecule has 0 bridgehead atoms. The molecular weight excluding hydrogens is 222 g/mol. The van der Waals surface area contributed by atoms with Crippen molar-refractivity contribution in [3.8, 4) is 0 Å². The maximum Gasteiger partial charge on any atom is 0.181 e. The smallest absolute Gasteiger partial charge is 0.181 e. The molecule has 0 unspecified atom stereocenters. The largest absolute Gasteiger partial charge is 0.365 e. The number of rotatable bonds is 6. The van der Waals surface area contributed by atoms with Crippen molar-refractivity contribution in [3.63, 3.8) is 0 Å². The molecule has 2 N–H and O–H groups in total. The highest BCUT2D eigenvalue weighted by Crippen LogP contribution is 2.29. The van der Waals surface area contributed by atoms with Crippen LogP contribution in [-0.2, 0) is 0 Å². The van der Waals surface area contributed by atoms with Gasteiger partial charge in [0.25, 0.3) is 0 Å². The predicted octanol–water partition coefficient (Wildman–Crippen LogP) is 2.93. The lowest BCUT2D eigenvalue weighted by Crippen LogP contribution is -2.10. The van der Waals surface area contributed by atoms with Gasteiger partial charge in [-0.2, -0.15) is 5.10 Å². The van der Waals surface area contributed by atoms with Gasteiger partial charge in [0.2, 0.25) is 0 Å². The number of anilines is 1. The fraction of sp³-hybridized carbons (Fsp3) is 0.636. The number of aromatic nitrogens is 2. The van der Waals surface area contributed by atoms with E-state index in [1.807, 2.05) is 6.92 Å². The summed E-state index contributed by atoms with van der Waals surface area (Å²) >= 11 is 1.64. The Morgan fingerprint density at radius 3 is 2.69 bits per heavy atom. The quantitative estimate of drug-likeness (QED) is 0.594. The third kappa shape index (κ3) is 3.01. The molecule has 0 saturated carbocycles. The molecule has 1 heterocycles. The van der Waals surface area contributed by atoms with Gasteiger partial charge in [0.05, 0.1) is 4.90 Å². The molecule has 1 aromatic heterocycles. The maximum atomic E-state index is 11.7. The van der Waals surface area contributed by atoms with Crippen LogP contribution in [0.15, 0.2) is 4.90 Å². The van der Waals surface area contributed by atoms with Gasteiger partial charge in [-0.25, -0.2) is 0 Å². The zero-order valence-electron chi connectivity index (χ0n) is 10.3. The second kappa shape index (κ2) is 5.94. The van der Waals surface area contributed by atoms with Crippen molar-refractivity contribution < 1.29 is 4.79 Å². The first-order valence-corrected chi connectivity index (χ1v) is 6.59. The second-order valence-corrected chi connectivity index (χ2v) is 5.06. The topological polar surface area (TPSA) is 57.8 Å². The van der Waals surface area contributed by atoms with Gasteiger partial charge in [-0.15, -0.1) is 11.8 Å². The third-order valence-electron chi connectivity index (χ3n) is 2.04. The summed E-state index contributed by atoms with van der Waals surface area (Å²) in [6.45, 7) is 8.03. The van der Waals surface area contributed by atoms with Gasteiger partial charge in [0, 0.05) is 12.5 Å². The Kier molecular flexibility index (Phi) is 4.86. The minimum absolute atomic E-state index is 0.111. The van der Waals surface area contributed by atoms with Crippen molar-refractivity contribution in [2.75, 3.05) is 11.1 Å². The fourth-order valence-electron chi connectivity index (χ4n) is 1.35. The highest BCUT2D eigenvalue weighted by atomic mass is 32.2. The molecule has 1 rings (SSSR count). The van der Waals surface area contributed by atoms with Crippen molar-refractivity contribution in [2.45, 2.75) is 45.1 Å². The van der Waals surface area contributed by atoms with Crippen LogP contribution in [0.2, 0.25) is 0 Å². The lowest BCUT2D eigenvalue weighted by atomic mass is 10.2. The van der Waals surface area contributed by atoms with E-state index in [4.69, 9.17) is 0 Å². The summed E-state index contributed by atoms with van der Waals surface area (Å²) in [4.78, 5) is 12.6. The molecule has 0 aliphatic carbocycles. The zero-order chi connectivity index (χ0) is 12.1. The molecule has 0 saturated heterocycles. The number of nitrogens with one attached hydrogen (secondary N) is 2. The number of hydrogen-bond donors (Lipinski definition) is 2. The van der Waals surface area contributed by atoms with E-state index < -0.39 is 0 Å². The minimum Gasteiger partial charge on any atom is -0.365 e. The van der Waals surface area contributed by atoms with Gasteiger partial charge in [-0.05, 0) is 19.6 Å². The number of Topliss-reactive ketones (excluding diaryl/α,β-unsaturated/α-hetero) is 1. The number of carbonyl (C=O) groups excluding carboxylic acids is 1. The molecule has 0 aromatic carbocycles. The third-order valence-corrected chi connectivity index (χ3v) is 3.01. The van der Waals surface area contributed by atoms with E-state index in [2.05, 4.69) is 36.3 Å². The van der Waals surface area contributed by atoms with E-state index in [0.29, 0.717) is 18.2 Å². The second-order valence-electron chi connectivity index (χ2n) is 3.79. The number of ketones is 1. The molecule has 0 amide bonds. The van der Waals surface area contributed by atoms with Gasteiger partial charge in [0.1, 0.15) is 5.69 Å². The fourth-order valence-corrected chi connectivity index (χ4v) is 2.19. The summed E-state index contributed by atoms with van der Waals surface area (Å²) in [6, 6.07) is 0.309. The van der Waals surface area contributed by atoms with Gasteiger partial charge in [-0.3, -0.25) is 9.89 Å². The predicted molar refractivity (Wildman–Crippen MR) is 68.4 cm³/mol. The lowest BCUT2D eigenvalue weighted by molar-refractivity contribution is 0.0980. The van der Waals surface area contributed by atoms with E-state index in [9.17, 15) is 4.79 Å². The average molecular weight is 241 g/mol. The molecule has 0 aliphatic heterocycles. The first kappa shape index (κ1) is 13.1. The lowest BCUT2D eigenvalue weighted by Gasteiger charge is -2.08. The molecule has 0 aliphatic rings. The van der Waals surface area contributed by atoms with Gasteiger partial charge in [-0.1, -0.05) is 13.8 Å². The molecule has 5 heteroatoms. The van der Waals surface area contributed by atoms with E-state index in [1.165, 1.54) is 0 Å². The van der Waals surface area contributed by atoms with Gasteiger partial charge >= 0.3 is 0 Å². The maximum absolute atomic E-state index is 11.7. The molecule has 0 spiro atoms. The average Bonchev–Trinajstić information content (AvgIpc) is 2.61. The minimum atomic E-state index is 0.111. The van der Waals surface area contributed by atoms with Crippen molar-refractivity contribution >= 4 is 23.4 Å².